The van der Waals surface area contributed by atoms with Gasteiger partial charge in [-0.05, 0) is 78.9 Å². The first-order valence-electron chi connectivity index (χ1n) is 11.7. The summed E-state index contributed by atoms with van der Waals surface area (Å²) in [5.41, 5.74) is 4.01. The molecule has 7 heteroatoms. The molecule has 0 fully saturated rings. The van der Waals surface area contributed by atoms with E-state index in [0.29, 0.717) is 29.1 Å². The van der Waals surface area contributed by atoms with Crippen molar-refractivity contribution >= 4 is 12.6 Å². The van der Waals surface area contributed by atoms with Crippen LogP contribution in [0.4, 0.5) is 4.39 Å². The molecule has 0 amide bonds. The normalized spacial score (nSPS) is 9.42. The van der Waals surface area contributed by atoms with Crippen LogP contribution < -0.4 is 18.9 Å². The summed E-state index contributed by atoms with van der Waals surface area (Å²) in [7, 11) is 3.15. The van der Waals surface area contributed by atoms with Crippen molar-refractivity contribution in [3.05, 3.63) is 96.3 Å². The summed E-state index contributed by atoms with van der Waals surface area (Å²) in [5, 5.41) is 0. The van der Waals surface area contributed by atoms with E-state index in [1.807, 2.05) is 48.5 Å². The topological polar surface area (TPSA) is 71.1 Å². The van der Waals surface area contributed by atoms with Crippen molar-refractivity contribution in [2.75, 3.05) is 27.4 Å². The lowest BCUT2D eigenvalue weighted by Crippen LogP contribution is -2.10. The molecule has 0 unspecified atom stereocenters. The minimum Gasteiger partial charge on any atom is -0.497 e. The number of hydrogen-bond donors (Lipinski definition) is 0. The summed E-state index contributed by atoms with van der Waals surface area (Å²) < 4.78 is 35.5. The molecule has 0 aliphatic carbocycles. The van der Waals surface area contributed by atoms with Crippen molar-refractivity contribution in [2.24, 2.45) is 0 Å². The van der Waals surface area contributed by atoms with Crippen molar-refractivity contribution in [1.82, 2.24) is 0 Å². The second-order valence-corrected chi connectivity index (χ2v) is 8.13. The van der Waals surface area contributed by atoms with Gasteiger partial charge in [-0.2, -0.15) is 0 Å². The first kappa shape index (κ1) is 31.6. The van der Waals surface area contributed by atoms with Gasteiger partial charge in [0, 0.05) is 6.07 Å². The fourth-order valence-electron chi connectivity index (χ4n) is 2.83. The molecule has 0 saturated carbocycles. The van der Waals surface area contributed by atoms with E-state index < -0.39 is 5.82 Å². The number of ether oxygens (including phenoxy) is 4. The van der Waals surface area contributed by atoms with E-state index in [1.165, 1.54) is 13.2 Å². The van der Waals surface area contributed by atoms with Crippen LogP contribution in [-0.4, -0.2) is 40.0 Å². The van der Waals surface area contributed by atoms with Gasteiger partial charge in [0.15, 0.2) is 11.6 Å². The number of aldehydes is 2. The zero-order valence-corrected chi connectivity index (χ0v) is 22.6. The second kappa shape index (κ2) is 17.1. The van der Waals surface area contributed by atoms with Crippen LogP contribution in [0.5, 0.6) is 23.0 Å². The van der Waals surface area contributed by atoms with Gasteiger partial charge in [0.2, 0.25) is 0 Å². The molecule has 6 nitrogen and oxygen atoms in total. The quantitative estimate of drug-likeness (QED) is 0.166. The van der Waals surface area contributed by atoms with E-state index in [2.05, 4.69) is 13.2 Å². The summed E-state index contributed by atoms with van der Waals surface area (Å²) in [6.07, 6.45) is 1.44. The van der Waals surface area contributed by atoms with E-state index in [9.17, 15) is 14.0 Å². The number of hydrogen-bond acceptors (Lipinski definition) is 6. The average Bonchev–Trinajstić information content (AvgIpc) is 2.93. The van der Waals surface area contributed by atoms with Crippen LogP contribution in [0.15, 0.2) is 85.0 Å². The number of rotatable bonds is 10. The number of carbonyl (C=O) groups excluding carboxylic acids is 2. The third kappa shape index (κ3) is 11.6. The minimum atomic E-state index is -0.444. The molecule has 0 heterocycles. The molecule has 0 atom stereocenters. The highest BCUT2D eigenvalue weighted by Crippen LogP contribution is 2.28. The molecule has 0 saturated heterocycles. The minimum absolute atomic E-state index is 0.222. The molecule has 0 aromatic heterocycles. The highest BCUT2D eigenvalue weighted by Gasteiger charge is 2.10. The number of allylic oxidation sites excluding steroid dienone is 2. The van der Waals surface area contributed by atoms with Gasteiger partial charge in [0.05, 0.1) is 14.2 Å². The van der Waals surface area contributed by atoms with Crippen LogP contribution in [0.1, 0.15) is 19.4 Å². The number of halogens is 1. The Balaban J connectivity index is 0.000000616. The lowest BCUT2D eigenvalue weighted by atomic mass is 10.1. The third-order valence-corrected chi connectivity index (χ3v) is 4.72. The zero-order chi connectivity index (χ0) is 28.5. The van der Waals surface area contributed by atoms with E-state index >= 15 is 0 Å². The Bertz CT molecular complexity index is 1140. The molecule has 0 bridgehead atoms. The Hall–Kier alpha value is -4.39. The van der Waals surface area contributed by atoms with Gasteiger partial charge >= 0.3 is 0 Å². The molecule has 0 radical (unpaired) electrons. The molecule has 0 spiro atoms. The summed E-state index contributed by atoms with van der Waals surface area (Å²) in [5.74, 6) is 1.80. The molecule has 0 aliphatic heterocycles. The monoisotopic (exact) mass is 522 g/mol. The molecule has 3 aromatic rings. The second-order valence-electron chi connectivity index (χ2n) is 8.13. The van der Waals surface area contributed by atoms with Crippen LogP contribution in [0.25, 0.3) is 11.1 Å². The largest absolute Gasteiger partial charge is 0.497 e. The van der Waals surface area contributed by atoms with Crippen LogP contribution in [0.3, 0.4) is 0 Å². The summed E-state index contributed by atoms with van der Waals surface area (Å²) in [4.78, 5) is 18.8. The maximum Gasteiger partial charge on any atom is 0.169 e. The van der Waals surface area contributed by atoms with E-state index in [0.717, 1.165) is 35.2 Å². The highest BCUT2D eigenvalue weighted by molar-refractivity contribution is 5.71. The van der Waals surface area contributed by atoms with Gasteiger partial charge in [-0.25, -0.2) is 4.39 Å². The lowest BCUT2D eigenvalue weighted by molar-refractivity contribution is -0.105. The standard InChI is InChI=1S/C23H23FO4.2C4H6O/c1-16-14-21(26-3)15-22(24)23(16)28-13-12-27-20-10-6-18(7-11-20)17-4-8-19(25-2)9-5-17;2*1-4(2)3-5/h4-11,14-15H,12-13H2,1-3H3;2*3H,1H2,2H3. The highest BCUT2D eigenvalue weighted by atomic mass is 19.1. The fraction of sp³-hybridized carbons (Fsp3) is 0.226. The van der Waals surface area contributed by atoms with Crippen LogP contribution >= 0.6 is 0 Å². The van der Waals surface area contributed by atoms with Crippen LogP contribution in [0, 0.1) is 12.7 Å². The molecule has 0 aliphatic rings. The predicted octanol–water partition coefficient (Wildman–Crippen LogP) is 6.80. The average molecular weight is 523 g/mol. The number of carbonyl (C=O) groups is 2. The predicted molar refractivity (Wildman–Crippen MR) is 149 cm³/mol. The van der Waals surface area contributed by atoms with Gasteiger partial charge < -0.3 is 18.9 Å². The summed E-state index contributed by atoms with van der Waals surface area (Å²) >= 11 is 0. The third-order valence-electron chi connectivity index (χ3n) is 4.72. The van der Waals surface area contributed by atoms with E-state index in [1.54, 1.807) is 33.9 Å². The summed E-state index contributed by atoms with van der Waals surface area (Å²) in [6, 6.07) is 18.7. The Labute approximate surface area is 224 Å². The Morgan fingerprint density at radius 3 is 1.55 bits per heavy atom. The number of aryl methyl sites for hydroxylation is 1. The van der Waals surface area contributed by atoms with E-state index in [4.69, 9.17) is 18.9 Å². The Morgan fingerprint density at radius 2 is 1.16 bits per heavy atom. The van der Waals surface area contributed by atoms with Crippen molar-refractivity contribution < 1.29 is 32.9 Å². The molecule has 3 rings (SSSR count). The summed E-state index contributed by atoms with van der Waals surface area (Å²) in [6.45, 7) is 12.3. The maximum absolute atomic E-state index is 14.0. The van der Waals surface area contributed by atoms with Crippen LogP contribution in [-0.2, 0) is 9.59 Å². The first-order valence-corrected chi connectivity index (χ1v) is 11.7. The number of methoxy groups -OCH3 is 2. The first-order chi connectivity index (χ1) is 18.1. The SMILES string of the molecule is C=C(C)C=O.C=C(C)C=O.COc1ccc(-c2ccc(OCCOc3c(C)cc(OC)cc3F)cc2)cc1. The van der Waals surface area contributed by atoms with Gasteiger partial charge in [-0.3, -0.25) is 9.59 Å². The molecular weight excluding hydrogens is 487 g/mol. The Kier molecular flexibility index (Phi) is 14.3. The van der Waals surface area contributed by atoms with Crippen molar-refractivity contribution in [1.29, 1.82) is 0 Å². The fourth-order valence-corrected chi connectivity index (χ4v) is 2.83. The lowest BCUT2D eigenvalue weighted by Gasteiger charge is -2.12. The molecular formula is C31H35FO6. The van der Waals surface area contributed by atoms with Gasteiger partial charge in [0.25, 0.3) is 0 Å². The number of benzene rings is 3. The van der Waals surface area contributed by atoms with Crippen molar-refractivity contribution in [3.8, 4) is 34.1 Å². The zero-order valence-electron chi connectivity index (χ0n) is 22.6. The van der Waals surface area contributed by atoms with E-state index in [-0.39, 0.29) is 12.4 Å². The van der Waals surface area contributed by atoms with Crippen molar-refractivity contribution in [3.63, 3.8) is 0 Å². The molecule has 0 N–H and O–H groups in total. The Morgan fingerprint density at radius 1 is 0.737 bits per heavy atom. The van der Waals surface area contributed by atoms with Crippen LogP contribution in [0.2, 0.25) is 0 Å². The molecule has 3 aromatic carbocycles. The maximum atomic E-state index is 14.0. The van der Waals surface area contributed by atoms with Crippen molar-refractivity contribution in [2.45, 2.75) is 20.8 Å². The van der Waals surface area contributed by atoms with Gasteiger partial charge in [0.1, 0.15) is 43.0 Å². The molecule has 38 heavy (non-hydrogen) atoms. The van der Waals surface area contributed by atoms with Gasteiger partial charge in [-0.15, -0.1) is 0 Å². The molecule has 202 valence electrons. The smallest absolute Gasteiger partial charge is 0.169 e. The van der Waals surface area contributed by atoms with Gasteiger partial charge in [-0.1, -0.05) is 37.4 Å².